The molecule has 0 spiro atoms. The lowest BCUT2D eigenvalue weighted by Gasteiger charge is -2.37. The molecule has 1 amide bonds. The molecule has 1 saturated heterocycles. The topological polar surface area (TPSA) is 58.7 Å². The van der Waals surface area contributed by atoms with Crippen molar-refractivity contribution in [3.05, 3.63) is 86.2 Å². The minimum absolute atomic E-state index is 0.165. The van der Waals surface area contributed by atoms with Crippen molar-refractivity contribution in [1.29, 1.82) is 0 Å². The van der Waals surface area contributed by atoms with Gasteiger partial charge >= 0.3 is 0 Å². The van der Waals surface area contributed by atoms with Crippen LogP contribution in [0.25, 0.3) is 0 Å². The highest BCUT2D eigenvalue weighted by Gasteiger charge is 2.27. The third-order valence-corrected chi connectivity index (χ3v) is 6.55. The fourth-order valence-electron chi connectivity index (χ4n) is 4.84. The average Bonchev–Trinajstić information content (AvgIpc) is 3.19. The SMILES string of the molecule is CCc1c(C(=O)N2CCN(c3ccc(C)cc3C)CC2)c(=O)cc(C)n1Cc1ccc(C)o1. The molecule has 4 rings (SSSR count). The predicted molar refractivity (Wildman–Crippen MR) is 131 cm³/mol. The molecule has 1 fully saturated rings. The summed E-state index contributed by atoms with van der Waals surface area (Å²) >= 11 is 0. The summed E-state index contributed by atoms with van der Waals surface area (Å²) in [4.78, 5) is 30.7. The highest BCUT2D eigenvalue weighted by molar-refractivity contribution is 5.95. The predicted octanol–water partition coefficient (Wildman–Crippen LogP) is 4.25. The molecule has 1 aliphatic heterocycles. The number of piperazine rings is 1. The van der Waals surface area contributed by atoms with Crippen molar-refractivity contribution in [2.45, 2.75) is 47.6 Å². The molecule has 1 aliphatic rings. The minimum atomic E-state index is -0.196. The second-order valence-corrected chi connectivity index (χ2v) is 8.99. The molecule has 0 bridgehead atoms. The number of aromatic nitrogens is 1. The number of hydrogen-bond acceptors (Lipinski definition) is 4. The van der Waals surface area contributed by atoms with Crippen LogP contribution < -0.4 is 10.3 Å². The number of nitrogens with zero attached hydrogens (tertiary/aromatic N) is 3. The van der Waals surface area contributed by atoms with E-state index in [4.69, 9.17) is 4.42 Å². The maximum atomic E-state index is 13.5. The van der Waals surface area contributed by atoms with E-state index in [1.807, 2.05) is 42.4 Å². The van der Waals surface area contributed by atoms with E-state index in [-0.39, 0.29) is 11.3 Å². The third kappa shape index (κ3) is 4.61. The first-order valence-corrected chi connectivity index (χ1v) is 11.7. The summed E-state index contributed by atoms with van der Waals surface area (Å²) in [6.45, 7) is 13.2. The second-order valence-electron chi connectivity index (χ2n) is 8.99. The quantitative estimate of drug-likeness (QED) is 0.587. The lowest BCUT2D eigenvalue weighted by Crippen LogP contribution is -2.50. The molecule has 6 nitrogen and oxygen atoms in total. The van der Waals surface area contributed by atoms with E-state index in [2.05, 4.69) is 36.9 Å². The summed E-state index contributed by atoms with van der Waals surface area (Å²) in [6.07, 6.45) is 0.597. The standard InChI is InChI=1S/C27H33N3O3/c1-6-23-26(25(31)16-20(4)30(23)17-22-9-8-21(5)33-22)27(32)29-13-11-28(12-14-29)24-10-7-18(2)15-19(24)3/h7-10,15-16H,6,11-14,17H2,1-5H3. The smallest absolute Gasteiger partial charge is 0.259 e. The van der Waals surface area contributed by atoms with Crippen molar-refractivity contribution in [2.75, 3.05) is 31.1 Å². The van der Waals surface area contributed by atoms with E-state index in [0.717, 1.165) is 36.0 Å². The van der Waals surface area contributed by atoms with E-state index in [1.54, 1.807) is 6.07 Å². The van der Waals surface area contributed by atoms with E-state index >= 15 is 0 Å². The summed E-state index contributed by atoms with van der Waals surface area (Å²) < 4.78 is 7.80. The van der Waals surface area contributed by atoms with Crippen LogP contribution in [0, 0.1) is 27.7 Å². The Balaban J connectivity index is 1.58. The van der Waals surface area contributed by atoms with Crippen LogP contribution in [-0.2, 0) is 13.0 Å². The van der Waals surface area contributed by atoms with Crippen LogP contribution in [0.5, 0.6) is 0 Å². The molecule has 174 valence electrons. The zero-order valence-corrected chi connectivity index (χ0v) is 20.3. The van der Waals surface area contributed by atoms with Gasteiger partial charge in [0.1, 0.15) is 17.1 Å². The van der Waals surface area contributed by atoms with Crippen molar-refractivity contribution >= 4 is 11.6 Å². The van der Waals surface area contributed by atoms with Gasteiger partial charge in [0.2, 0.25) is 0 Å². The number of carbonyl (C=O) groups excluding carboxylic acids is 1. The Labute approximate surface area is 195 Å². The van der Waals surface area contributed by atoms with E-state index in [0.29, 0.717) is 31.6 Å². The Morgan fingerprint density at radius 3 is 2.30 bits per heavy atom. The number of amides is 1. The van der Waals surface area contributed by atoms with Crippen molar-refractivity contribution in [3.8, 4) is 0 Å². The van der Waals surface area contributed by atoms with Crippen LogP contribution in [0.4, 0.5) is 5.69 Å². The Morgan fingerprint density at radius 2 is 1.70 bits per heavy atom. The van der Waals surface area contributed by atoms with E-state index in [9.17, 15) is 9.59 Å². The number of carbonyl (C=O) groups is 1. The highest BCUT2D eigenvalue weighted by Crippen LogP contribution is 2.23. The van der Waals surface area contributed by atoms with Gasteiger partial charge in [0.05, 0.1) is 6.54 Å². The van der Waals surface area contributed by atoms with Crippen molar-refractivity contribution in [1.82, 2.24) is 9.47 Å². The molecule has 0 atom stereocenters. The number of rotatable bonds is 5. The monoisotopic (exact) mass is 447 g/mol. The normalized spacial score (nSPS) is 14.1. The molecule has 3 aromatic rings. The summed E-state index contributed by atoms with van der Waals surface area (Å²) in [5.41, 5.74) is 5.42. The van der Waals surface area contributed by atoms with Crippen molar-refractivity contribution in [2.24, 2.45) is 0 Å². The Kier molecular flexibility index (Phi) is 6.45. The Morgan fingerprint density at radius 1 is 0.970 bits per heavy atom. The molecule has 3 heterocycles. The number of benzene rings is 1. The van der Waals surface area contributed by atoms with E-state index < -0.39 is 0 Å². The van der Waals surface area contributed by atoms with Crippen LogP contribution in [-0.4, -0.2) is 41.6 Å². The second kappa shape index (κ2) is 9.30. The molecular weight excluding hydrogens is 414 g/mol. The van der Waals surface area contributed by atoms with Gasteiger partial charge in [-0.25, -0.2) is 0 Å². The van der Waals surface area contributed by atoms with Crippen LogP contribution in [0.15, 0.2) is 45.6 Å². The maximum Gasteiger partial charge on any atom is 0.259 e. The number of hydrogen-bond donors (Lipinski definition) is 0. The molecular formula is C27H33N3O3. The van der Waals surface area contributed by atoms with Gasteiger partial charge in [-0.1, -0.05) is 24.6 Å². The fourth-order valence-corrected chi connectivity index (χ4v) is 4.84. The third-order valence-electron chi connectivity index (χ3n) is 6.55. The molecule has 2 aromatic heterocycles. The molecule has 1 aromatic carbocycles. The summed E-state index contributed by atoms with van der Waals surface area (Å²) in [5.74, 6) is 1.50. The largest absolute Gasteiger partial charge is 0.464 e. The summed E-state index contributed by atoms with van der Waals surface area (Å²) in [7, 11) is 0. The van der Waals surface area contributed by atoms with Gasteiger partial charge in [-0.2, -0.15) is 0 Å². The lowest BCUT2D eigenvalue weighted by molar-refractivity contribution is 0.0743. The van der Waals surface area contributed by atoms with Gasteiger partial charge in [-0.3, -0.25) is 9.59 Å². The molecule has 33 heavy (non-hydrogen) atoms. The molecule has 0 unspecified atom stereocenters. The number of furan rings is 1. The fraction of sp³-hybridized carbons (Fsp3) is 0.407. The van der Waals surface area contributed by atoms with Crippen LogP contribution in [0.3, 0.4) is 0 Å². The number of aryl methyl sites for hydroxylation is 4. The zero-order chi connectivity index (χ0) is 23.7. The van der Waals surface area contributed by atoms with Gasteiger partial charge < -0.3 is 18.8 Å². The first kappa shape index (κ1) is 22.9. The molecule has 6 heteroatoms. The van der Waals surface area contributed by atoms with Crippen molar-refractivity contribution in [3.63, 3.8) is 0 Å². The molecule has 0 N–H and O–H groups in total. The van der Waals surface area contributed by atoms with Crippen LogP contribution in [0.1, 0.15) is 51.3 Å². The number of anilines is 1. The Bertz CT molecular complexity index is 1230. The van der Waals surface area contributed by atoms with Gasteiger partial charge in [0.15, 0.2) is 5.43 Å². The zero-order valence-electron chi connectivity index (χ0n) is 20.3. The summed E-state index contributed by atoms with van der Waals surface area (Å²) in [6, 6.07) is 11.9. The minimum Gasteiger partial charge on any atom is -0.464 e. The first-order valence-electron chi connectivity index (χ1n) is 11.7. The molecule has 0 radical (unpaired) electrons. The van der Waals surface area contributed by atoms with Gasteiger partial charge in [0.25, 0.3) is 5.91 Å². The maximum absolute atomic E-state index is 13.5. The van der Waals surface area contributed by atoms with Crippen LogP contribution >= 0.6 is 0 Å². The average molecular weight is 448 g/mol. The summed E-state index contributed by atoms with van der Waals surface area (Å²) in [5, 5.41) is 0. The molecule has 0 saturated carbocycles. The molecule has 0 aliphatic carbocycles. The number of pyridine rings is 1. The van der Waals surface area contributed by atoms with Crippen LogP contribution in [0.2, 0.25) is 0 Å². The van der Waals surface area contributed by atoms with Crippen molar-refractivity contribution < 1.29 is 9.21 Å². The van der Waals surface area contributed by atoms with Gasteiger partial charge in [0, 0.05) is 49.3 Å². The van der Waals surface area contributed by atoms with E-state index in [1.165, 1.54) is 16.8 Å². The van der Waals surface area contributed by atoms with Gasteiger partial charge in [-0.15, -0.1) is 0 Å². The van der Waals surface area contributed by atoms with Gasteiger partial charge in [-0.05, 0) is 57.9 Å². The highest BCUT2D eigenvalue weighted by atomic mass is 16.3. The lowest BCUT2D eigenvalue weighted by atomic mass is 10.1. The Hall–Kier alpha value is -3.28. The first-order chi connectivity index (χ1) is 15.8.